The molecule has 7 heteroatoms. The third-order valence-corrected chi connectivity index (χ3v) is 6.31. The predicted octanol–water partition coefficient (Wildman–Crippen LogP) is 5.21. The van der Waals surface area contributed by atoms with Crippen LogP contribution in [0.15, 0.2) is 48.5 Å². The van der Waals surface area contributed by atoms with E-state index in [1.54, 1.807) is 6.07 Å². The summed E-state index contributed by atoms with van der Waals surface area (Å²) in [5, 5.41) is 2.83. The first kappa shape index (κ1) is 24.9. The molecule has 3 amide bonds. The molecule has 1 atom stereocenters. The number of esters is 1. The molecule has 1 N–H and O–H groups in total. The minimum atomic E-state index is -1.07. The van der Waals surface area contributed by atoms with Crippen LogP contribution in [0.2, 0.25) is 0 Å². The molecule has 7 nitrogen and oxygen atoms in total. The third kappa shape index (κ3) is 4.52. The van der Waals surface area contributed by atoms with Gasteiger partial charge in [0.05, 0.1) is 22.4 Å². The molecular formula is C29H28N2O5. The number of carbonyl (C=O) groups is 4. The second-order valence-corrected chi connectivity index (χ2v) is 9.31. The zero-order chi connectivity index (χ0) is 26.3. The standard InChI is InChI=1S/C29H28N2O5/c1-15-7-8-17(3)24(13-15)31-27(33)22-10-9-21(14-23(22)28(31)34)29(35)36-20(6)26(32)30-25-18(4)11-16(2)12-19(25)5/h7-14,20H,1-6H3,(H,30,32). The number of ether oxygens (including phenoxy) is 1. The van der Waals surface area contributed by atoms with E-state index in [1.807, 2.05) is 58.9 Å². The van der Waals surface area contributed by atoms with E-state index in [0.29, 0.717) is 11.4 Å². The van der Waals surface area contributed by atoms with Crippen LogP contribution >= 0.6 is 0 Å². The maximum absolute atomic E-state index is 13.2. The van der Waals surface area contributed by atoms with E-state index in [9.17, 15) is 19.2 Å². The van der Waals surface area contributed by atoms with Gasteiger partial charge in [-0.15, -0.1) is 0 Å². The molecule has 36 heavy (non-hydrogen) atoms. The van der Waals surface area contributed by atoms with Crippen LogP contribution < -0.4 is 10.2 Å². The molecule has 184 valence electrons. The van der Waals surface area contributed by atoms with Crippen molar-refractivity contribution < 1.29 is 23.9 Å². The number of rotatable bonds is 5. The highest BCUT2D eigenvalue weighted by molar-refractivity contribution is 6.35. The van der Waals surface area contributed by atoms with Crippen LogP contribution in [-0.2, 0) is 9.53 Å². The predicted molar refractivity (Wildman–Crippen MR) is 138 cm³/mol. The summed E-state index contributed by atoms with van der Waals surface area (Å²) in [7, 11) is 0. The largest absolute Gasteiger partial charge is 0.449 e. The van der Waals surface area contributed by atoms with E-state index in [4.69, 9.17) is 4.74 Å². The van der Waals surface area contributed by atoms with Crippen molar-refractivity contribution in [1.29, 1.82) is 0 Å². The van der Waals surface area contributed by atoms with Gasteiger partial charge in [0.25, 0.3) is 17.7 Å². The molecule has 1 aliphatic heterocycles. The summed E-state index contributed by atoms with van der Waals surface area (Å²) < 4.78 is 5.38. The van der Waals surface area contributed by atoms with Crippen LogP contribution in [-0.4, -0.2) is 29.8 Å². The molecule has 0 radical (unpaired) electrons. The quantitative estimate of drug-likeness (QED) is 0.396. The van der Waals surface area contributed by atoms with Crippen molar-refractivity contribution in [3.63, 3.8) is 0 Å². The molecule has 3 aromatic rings. The molecular weight excluding hydrogens is 456 g/mol. The molecule has 0 saturated heterocycles. The van der Waals surface area contributed by atoms with Crippen LogP contribution in [0.5, 0.6) is 0 Å². The van der Waals surface area contributed by atoms with Gasteiger partial charge in [0.15, 0.2) is 6.10 Å². The van der Waals surface area contributed by atoms with Crippen LogP contribution in [0.4, 0.5) is 11.4 Å². The van der Waals surface area contributed by atoms with E-state index < -0.39 is 29.8 Å². The molecule has 1 aliphatic rings. The van der Waals surface area contributed by atoms with Gasteiger partial charge in [-0.25, -0.2) is 9.69 Å². The normalized spacial score (nSPS) is 13.4. The molecule has 0 spiro atoms. The zero-order valence-corrected chi connectivity index (χ0v) is 21.2. The number of anilines is 2. The Balaban J connectivity index is 1.52. The third-order valence-electron chi connectivity index (χ3n) is 6.31. The number of fused-ring (bicyclic) bond motifs is 1. The average Bonchev–Trinajstić information content (AvgIpc) is 3.06. The van der Waals surface area contributed by atoms with Gasteiger partial charge in [-0.3, -0.25) is 14.4 Å². The lowest BCUT2D eigenvalue weighted by molar-refractivity contribution is -0.123. The van der Waals surface area contributed by atoms with E-state index >= 15 is 0 Å². The van der Waals surface area contributed by atoms with Crippen molar-refractivity contribution in [3.05, 3.63) is 93.0 Å². The zero-order valence-electron chi connectivity index (χ0n) is 21.2. The molecule has 0 aliphatic carbocycles. The van der Waals surface area contributed by atoms with Crippen molar-refractivity contribution >= 4 is 35.1 Å². The topological polar surface area (TPSA) is 92.8 Å². The summed E-state index contributed by atoms with van der Waals surface area (Å²) >= 11 is 0. The number of hydrogen-bond acceptors (Lipinski definition) is 5. The smallest absolute Gasteiger partial charge is 0.338 e. The van der Waals surface area contributed by atoms with Crippen molar-refractivity contribution in [3.8, 4) is 0 Å². The lowest BCUT2D eigenvalue weighted by Crippen LogP contribution is -2.30. The highest BCUT2D eigenvalue weighted by Crippen LogP contribution is 2.32. The summed E-state index contributed by atoms with van der Waals surface area (Å²) in [6.45, 7) is 11.0. The summed E-state index contributed by atoms with van der Waals surface area (Å²) in [5.41, 5.74) is 6.23. The van der Waals surface area contributed by atoms with Crippen molar-refractivity contribution in [2.45, 2.75) is 47.6 Å². The second-order valence-electron chi connectivity index (χ2n) is 9.31. The summed E-state index contributed by atoms with van der Waals surface area (Å²) in [6.07, 6.45) is -1.07. The Morgan fingerprint density at radius 1 is 0.778 bits per heavy atom. The first-order valence-corrected chi connectivity index (χ1v) is 11.7. The maximum Gasteiger partial charge on any atom is 0.338 e. The Morgan fingerprint density at radius 2 is 1.42 bits per heavy atom. The minimum Gasteiger partial charge on any atom is -0.449 e. The SMILES string of the molecule is Cc1cc(C)c(NC(=O)C(C)OC(=O)c2ccc3c(c2)C(=O)N(c2cc(C)ccc2C)C3=O)c(C)c1. The van der Waals surface area contributed by atoms with Gasteiger partial charge in [-0.05, 0) is 88.1 Å². The van der Waals surface area contributed by atoms with E-state index in [1.165, 1.54) is 25.1 Å². The van der Waals surface area contributed by atoms with Gasteiger partial charge in [-0.1, -0.05) is 29.8 Å². The number of hydrogen-bond donors (Lipinski definition) is 1. The first-order valence-electron chi connectivity index (χ1n) is 11.7. The number of imide groups is 1. The number of nitrogens with one attached hydrogen (secondary N) is 1. The fourth-order valence-corrected chi connectivity index (χ4v) is 4.43. The summed E-state index contributed by atoms with van der Waals surface area (Å²) in [5.74, 6) is -2.18. The molecule has 0 aromatic heterocycles. The van der Waals surface area contributed by atoms with Crippen LogP contribution in [0, 0.1) is 34.6 Å². The Hall–Kier alpha value is -4.26. The fourth-order valence-electron chi connectivity index (χ4n) is 4.43. The molecule has 1 unspecified atom stereocenters. The van der Waals surface area contributed by atoms with E-state index in [0.717, 1.165) is 32.7 Å². The highest BCUT2D eigenvalue weighted by Gasteiger charge is 2.38. The molecule has 1 heterocycles. The van der Waals surface area contributed by atoms with Crippen LogP contribution in [0.25, 0.3) is 0 Å². The molecule has 3 aromatic carbocycles. The minimum absolute atomic E-state index is 0.0834. The van der Waals surface area contributed by atoms with E-state index in [-0.39, 0.29) is 16.7 Å². The lowest BCUT2D eigenvalue weighted by Gasteiger charge is -2.17. The van der Waals surface area contributed by atoms with Gasteiger partial charge < -0.3 is 10.1 Å². The number of benzene rings is 3. The Morgan fingerprint density at radius 3 is 2.08 bits per heavy atom. The van der Waals surface area contributed by atoms with Gasteiger partial charge in [0.2, 0.25) is 0 Å². The summed E-state index contributed by atoms with van der Waals surface area (Å²) in [4.78, 5) is 52.8. The number of carbonyl (C=O) groups excluding carboxylic acids is 4. The Labute approximate surface area is 210 Å². The fraction of sp³-hybridized carbons (Fsp3) is 0.241. The molecule has 0 saturated carbocycles. The molecule has 4 rings (SSSR count). The Kier molecular flexibility index (Phi) is 6.50. The first-order chi connectivity index (χ1) is 17.0. The van der Waals surface area contributed by atoms with Crippen molar-refractivity contribution in [1.82, 2.24) is 0 Å². The second kappa shape index (κ2) is 9.41. The number of aryl methyl sites for hydroxylation is 5. The maximum atomic E-state index is 13.2. The van der Waals surface area contributed by atoms with Crippen molar-refractivity contribution in [2.75, 3.05) is 10.2 Å². The molecule has 0 bridgehead atoms. The molecule has 0 fully saturated rings. The van der Waals surface area contributed by atoms with E-state index in [2.05, 4.69) is 5.32 Å². The van der Waals surface area contributed by atoms with Gasteiger partial charge in [0, 0.05) is 5.69 Å². The van der Waals surface area contributed by atoms with Crippen LogP contribution in [0.1, 0.15) is 65.8 Å². The van der Waals surface area contributed by atoms with Gasteiger partial charge >= 0.3 is 5.97 Å². The van der Waals surface area contributed by atoms with Gasteiger partial charge in [-0.2, -0.15) is 0 Å². The average molecular weight is 485 g/mol. The lowest BCUT2D eigenvalue weighted by atomic mass is 10.0. The Bertz CT molecular complexity index is 1420. The van der Waals surface area contributed by atoms with Crippen LogP contribution in [0.3, 0.4) is 0 Å². The summed E-state index contributed by atoms with van der Waals surface area (Å²) in [6, 6.07) is 13.7. The highest BCUT2D eigenvalue weighted by atomic mass is 16.5. The van der Waals surface area contributed by atoms with Gasteiger partial charge in [0.1, 0.15) is 0 Å². The van der Waals surface area contributed by atoms with Crippen molar-refractivity contribution in [2.24, 2.45) is 0 Å². The number of nitrogens with zero attached hydrogens (tertiary/aromatic N) is 1. The monoisotopic (exact) mass is 484 g/mol. The number of amides is 3.